The number of nitrogens with zero attached hydrogens (tertiary/aromatic N) is 2. The Balaban J connectivity index is 2.32. The summed E-state index contributed by atoms with van der Waals surface area (Å²) < 4.78 is 26.3. The number of sulfonamides is 1. The molecule has 0 radical (unpaired) electrons. The van der Waals surface area contributed by atoms with Crippen LogP contribution in [-0.2, 0) is 26.0 Å². The van der Waals surface area contributed by atoms with Crippen LogP contribution in [0.3, 0.4) is 0 Å². The number of rotatable bonds is 12. The Morgan fingerprint density at radius 2 is 1.62 bits per heavy atom. The van der Waals surface area contributed by atoms with Crippen LogP contribution in [-0.4, -0.2) is 57.1 Å². The standard InChI is InChI=1S/C26H37N3O4S/c1-6-24(26(31)27-18-20(2)3)28(17-16-22-10-8-7-9-11-22)25(30)19-29(34(5,32)33)23-14-12-21(4)13-15-23/h7-15,20,24H,6,16-19H2,1-5H3,(H,27,31). The predicted octanol–water partition coefficient (Wildman–Crippen LogP) is 3.38. The Morgan fingerprint density at radius 1 is 1.00 bits per heavy atom. The molecule has 8 heteroatoms. The monoisotopic (exact) mass is 487 g/mol. The summed E-state index contributed by atoms with van der Waals surface area (Å²) in [7, 11) is -3.72. The fourth-order valence-electron chi connectivity index (χ4n) is 3.64. The number of hydrogen-bond acceptors (Lipinski definition) is 4. The van der Waals surface area contributed by atoms with Gasteiger partial charge in [0.25, 0.3) is 0 Å². The molecule has 0 bridgehead atoms. The Bertz CT molecular complexity index is 1040. The van der Waals surface area contributed by atoms with Crippen LogP contribution in [0.4, 0.5) is 5.69 Å². The lowest BCUT2D eigenvalue weighted by Gasteiger charge is -2.33. The minimum absolute atomic E-state index is 0.223. The fourth-order valence-corrected chi connectivity index (χ4v) is 4.49. The van der Waals surface area contributed by atoms with Gasteiger partial charge >= 0.3 is 0 Å². The van der Waals surface area contributed by atoms with E-state index in [2.05, 4.69) is 5.32 Å². The van der Waals surface area contributed by atoms with Gasteiger partial charge in [0.05, 0.1) is 11.9 Å². The normalized spacial score (nSPS) is 12.3. The second-order valence-corrected chi connectivity index (χ2v) is 10.9. The first-order valence-corrected chi connectivity index (χ1v) is 13.5. The van der Waals surface area contributed by atoms with Crippen molar-refractivity contribution in [2.75, 3.05) is 30.2 Å². The fraction of sp³-hybridized carbons (Fsp3) is 0.462. The van der Waals surface area contributed by atoms with E-state index >= 15 is 0 Å². The Labute approximate surface area is 204 Å². The highest BCUT2D eigenvalue weighted by Crippen LogP contribution is 2.19. The summed E-state index contributed by atoms with van der Waals surface area (Å²) in [5, 5.41) is 2.92. The van der Waals surface area contributed by atoms with Gasteiger partial charge in [0, 0.05) is 13.1 Å². The van der Waals surface area contributed by atoms with E-state index in [4.69, 9.17) is 0 Å². The van der Waals surface area contributed by atoms with Crippen molar-refractivity contribution < 1.29 is 18.0 Å². The second kappa shape index (κ2) is 12.6. The third kappa shape index (κ3) is 8.17. The summed E-state index contributed by atoms with van der Waals surface area (Å²) in [5.41, 5.74) is 2.44. The first-order chi connectivity index (χ1) is 16.0. The van der Waals surface area contributed by atoms with Gasteiger partial charge in [0.1, 0.15) is 12.6 Å². The number of carbonyl (C=O) groups excluding carboxylic acids is 2. The lowest BCUT2D eigenvalue weighted by atomic mass is 10.1. The molecule has 0 spiro atoms. The van der Waals surface area contributed by atoms with Crippen molar-refractivity contribution in [2.24, 2.45) is 5.92 Å². The van der Waals surface area contributed by atoms with Gasteiger partial charge in [-0.05, 0) is 43.4 Å². The summed E-state index contributed by atoms with van der Waals surface area (Å²) in [6.07, 6.45) is 2.07. The average Bonchev–Trinajstić information content (AvgIpc) is 2.79. The Hall–Kier alpha value is -2.87. The highest BCUT2D eigenvalue weighted by atomic mass is 32.2. The van der Waals surface area contributed by atoms with Crippen molar-refractivity contribution in [3.8, 4) is 0 Å². The SMILES string of the molecule is CCC(C(=O)NCC(C)C)N(CCc1ccccc1)C(=O)CN(c1ccc(C)cc1)S(C)(=O)=O. The molecule has 1 N–H and O–H groups in total. The molecule has 0 aromatic heterocycles. The molecule has 1 unspecified atom stereocenters. The van der Waals surface area contributed by atoms with Crippen molar-refractivity contribution in [2.45, 2.75) is 46.6 Å². The lowest BCUT2D eigenvalue weighted by Crippen LogP contribution is -2.53. The molecular weight excluding hydrogens is 450 g/mol. The molecule has 0 heterocycles. The van der Waals surface area contributed by atoms with E-state index in [1.54, 1.807) is 24.3 Å². The molecule has 186 valence electrons. The van der Waals surface area contributed by atoms with Crippen LogP contribution in [0.25, 0.3) is 0 Å². The highest BCUT2D eigenvalue weighted by molar-refractivity contribution is 7.92. The molecule has 2 aromatic rings. The molecule has 0 aliphatic carbocycles. The lowest BCUT2D eigenvalue weighted by molar-refractivity contribution is -0.139. The number of aryl methyl sites for hydroxylation is 1. The van der Waals surface area contributed by atoms with E-state index in [-0.39, 0.29) is 18.4 Å². The minimum atomic E-state index is -3.72. The van der Waals surface area contributed by atoms with Gasteiger partial charge < -0.3 is 10.2 Å². The summed E-state index contributed by atoms with van der Waals surface area (Å²) in [6, 6.07) is 16.0. The maximum Gasteiger partial charge on any atom is 0.244 e. The van der Waals surface area contributed by atoms with Gasteiger partial charge in [-0.2, -0.15) is 0 Å². The van der Waals surface area contributed by atoms with E-state index in [1.807, 2.05) is 58.0 Å². The molecule has 0 saturated carbocycles. The van der Waals surface area contributed by atoms with Gasteiger partial charge in [0.2, 0.25) is 21.8 Å². The maximum atomic E-state index is 13.5. The summed E-state index contributed by atoms with van der Waals surface area (Å²) >= 11 is 0. The molecule has 0 fully saturated rings. The van der Waals surface area contributed by atoms with Crippen LogP contribution >= 0.6 is 0 Å². The number of hydrogen-bond donors (Lipinski definition) is 1. The van der Waals surface area contributed by atoms with Crippen molar-refractivity contribution in [3.05, 3.63) is 65.7 Å². The minimum Gasteiger partial charge on any atom is -0.354 e. The second-order valence-electron chi connectivity index (χ2n) is 8.99. The quantitative estimate of drug-likeness (QED) is 0.497. The third-order valence-corrected chi connectivity index (χ3v) is 6.70. The van der Waals surface area contributed by atoms with Crippen LogP contribution in [0, 0.1) is 12.8 Å². The smallest absolute Gasteiger partial charge is 0.244 e. The molecule has 7 nitrogen and oxygen atoms in total. The number of anilines is 1. The zero-order valence-corrected chi connectivity index (χ0v) is 21.6. The van der Waals surface area contributed by atoms with Gasteiger partial charge in [-0.25, -0.2) is 8.42 Å². The zero-order valence-electron chi connectivity index (χ0n) is 20.8. The van der Waals surface area contributed by atoms with Crippen LogP contribution in [0.5, 0.6) is 0 Å². The van der Waals surface area contributed by atoms with E-state index in [1.165, 1.54) is 4.90 Å². The maximum absolute atomic E-state index is 13.5. The van der Waals surface area contributed by atoms with Crippen LogP contribution in [0.2, 0.25) is 0 Å². The van der Waals surface area contributed by atoms with Gasteiger partial charge in [-0.15, -0.1) is 0 Å². The Kier molecular flexibility index (Phi) is 10.1. The van der Waals surface area contributed by atoms with E-state index in [0.29, 0.717) is 31.6 Å². The van der Waals surface area contributed by atoms with Crippen molar-refractivity contribution >= 4 is 27.5 Å². The van der Waals surface area contributed by atoms with E-state index < -0.39 is 22.0 Å². The first-order valence-electron chi connectivity index (χ1n) is 11.7. The first kappa shape index (κ1) is 27.4. The van der Waals surface area contributed by atoms with Crippen molar-refractivity contribution in [3.63, 3.8) is 0 Å². The molecule has 2 rings (SSSR count). The van der Waals surface area contributed by atoms with Crippen molar-refractivity contribution in [1.82, 2.24) is 10.2 Å². The molecule has 0 saturated heterocycles. The predicted molar refractivity (Wildman–Crippen MR) is 137 cm³/mol. The molecule has 1 atom stereocenters. The topological polar surface area (TPSA) is 86.8 Å². The zero-order chi connectivity index (χ0) is 25.3. The van der Waals surface area contributed by atoms with Gasteiger partial charge in [-0.3, -0.25) is 13.9 Å². The number of nitrogens with one attached hydrogen (secondary N) is 1. The highest BCUT2D eigenvalue weighted by Gasteiger charge is 2.31. The van der Waals surface area contributed by atoms with Crippen molar-refractivity contribution in [1.29, 1.82) is 0 Å². The van der Waals surface area contributed by atoms with Gasteiger partial charge in [0.15, 0.2) is 0 Å². The molecule has 0 aliphatic rings. The number of carbonyl (C=O) groups is 2. The molecule has 0 aliphatic heterocycles. The molecular formula is C26H37N3O4S. The van der Waals surface area contributed by atoms with Gasteiger partial charge in [-0.1, -0.05) is 68.8 Å². The van der Waals surface area contributed by atoms with E-state index in [0.717, 1.165) is 21.7 Å². The largest absolute Gasteiger partial charge is 0.354 e. The molecule has 2 aromatic carbocycles. The third-order valence-electron chi connectivity index (χ3n) is 5.56. The van der Waals surface area contributed by atoms with E-state index in [9.17, 15) is 18.0 Å². The van der Waals surface area contributed by atoms with Crippen LogP contribution in [0.15, 0.2) is 54.6 Å². The van der Waals surface area contributed by atoms with Crippen LogP contribution < -0.4 is 9.62 Å². The van der Waals surface area contributed by atoms with Crippen LogP contribution in [0.1, 0.15) is 38.3 Å². The summed E-state index contributed by atoms with van der Waals surface area (Å²) in [5.74, 6) is -0.357. The number of benzene rings is 2. The summed E-state index contributed by atoms with van der Waals surface area (Å²) in [6.45, 7) is 8.22. The Morgan fingerprint density at radius 3 is 2.15 bits per heavy atom. The molecule has 2 amide bonds. The number of amides is 2. The molecule has 34 heavy (non-hydrogen) atoms. The average molecular weight is 488 g/mol. The summed E-state index contributed by atoms with van der Waals surface area (Å²) in [4.78, 5) is 28.1.